The van der Waals surface area contributed by atoms with Gasteiger partial charge in [-0.15, -0.1) is 0 Å². The number of rotatable bonds is 7. The maximum absolute atomic E-state index is 13.7. The number of nitro benzene ring substituents is 1. The molecular weight excluding hydrogens is 550 g/mol. The Balaban J connectivity index is 1.47. The van der Waals surface area contributed by atoms with Crippen LogP contribution in [0.4, 0.5) is 10.8 Å². The number of nitro groups is 1. The number of hydrogen-bond acceptors (Lipinski definition) is 8. The van der Waals surface area contributed by atoms with Gasteiger partial charge in [0.1, 0.15) is 0 Å². The summed E-state index contributed by atoms with van der Waals surface area (Å²) in [7, 11) is -3.68. The van der Waals surface area contributed by atoms with Crippen molar-refractivity contribution < 1.29 is 18.1 Å². The van der Waals surface area contributed by atoms with Crippen molar-refractivity contribution in [1.29, 1.82) is 0 Å². The summed E-state index contributed by atoms with van der Waals surface area (Å²) in [5.74, 6) is -0.496. The number of amides is 1. The largest absolute Gasteiger partial charge is 0.280 e. The number of hydrogen-bond donors (Lipinski definition) is 0. The second-order valence-electron chi connectivity index (χ2n) is 9.66. The van der Waals surface area contributed by atoms with Gasteiger partial charge in [0, 0.05) is 30.3 Å². The number of non-ortho nitro benzene ring substituents is 1. The van der Waals surface area contributed by atoms with E-state index in [9.17, 15) is 23.3 Å². The van der Waals surface area contributed by atoms with Gasteiger partial charge in [0.25, 0.3) is 11.6 Å². The molecule has 1 aliphatic heterocycles. The molecule has 0 bridgehead atoms. The number of carbonyl (C=O) groups excluding carboxylic acids is 1. The van der Waals surface area contributed by atoms with Crippen molar-refractivity contribution in [3.63, 3.8) is 0 Å². The van der Waals surface area contributed by atoms with Crippen molar-refractivity contribution in [2.75, 3.05) is 11.6 Å². The summed E-state index contributed by atoms with van der Waals surface area (Å²) < 4.78 is 28.9. The lowest BCUT2D eigenvalue weighted by atomic mass is 10.1. The zero-order chi connectivity index (χ0) is 28.4. The Bertz CT molecular complexity index is 1700. The average molecular weight is 578 g/mol. The number of nitrogens with zero attached hydrogens (tertiary/aromatic N) is 5. The van der Waals surface area contributed by atoms with Gasteiger partial charge in [-0.2, -0.15) is 14.4 Å². The van der Waals surface area contributed by atoms with E-state index < -0.39 is 20.9 Å². The van der Waals surface area contributed by atoms with Gasteiger partial charge in [-0.3, -0.25) is 14.9 Å². The van der Waals surface area contributed by atoms with Crippen LogP contribution >= 0.6 is 11.3 Å². The highest BCUT2D eigenvalue weighted by Gasteiger charge is 2.31. The Morgan fingerprint density at radius 3 is 2.52 bits per heavy atom. The van der Waals surface area contributed by atoms with Crippen molar-refractivity contribution >= 4 is 54.5 Å². The Hall–Kier alpha value is -4.00. The summed E-state index contributed by atoms with van der Waals surface area (Å²) in [5.41, 5.74) is 2.50. The molecule has 1 saturated heterocycles. The number of sulfonamides is 1. The van der Waals surface area contributed by atoms with Gasteiger partial charge in [-0.25, -0.2) is 13.4 Å². The minimum Gasteiger partial charge on any atom is -0.267 e. The van der Waals surface area contributed by atoms with Gasteiger partial charge >= 0.3 is 0 Å². The number of aromatic nitrogens is 1. The monoisotopic (exact) mass is 577 g/mol. The third kappa shape index (κ3) is 5.64. The molecule has 4 aromatic rings. The fourth-order valence-electron chi connectivity index (χ4n) is 4.56. The molecule has 0 saturated carbocycles. The van der Waals surface area contributed by atoms with Crippen LogP contribution in [-0.4, -0.2) is 47.3 Å². The highest BCUT2D eigenvalue weighted by Crippen LogP contribution is 2.31. The first kappa shape index (κ1) is 27.6. The number of piperidine rings is 1. The normalized spacial score (nSPS) is 16.4. The van der Waals surface area contributed by atoms with Crippen molar-refractivity contribution in [3.05, 3.63) is 93.5 Å². The summed E-state index contributed by atoms with van der Waals surface area (Å²) >= 11 is 1.30. The number of thiazole rings is 1. The highest BCUT2D eigenvalue weighted by molar-refractivity contribution is 7.89. The summed E-state index contributed by atoms with van der Waals surface area (Å²) in [6, 6.07) is 17.3. The number of carbonyl (C=O) groups is 1. The smallest absolute Gasteiger partial charge is 0.267 e. The summed E-state index contributed by atoms with van der Waals surface area (Å²) in [5, 5.41) is 16.9. The molecular formula is C28H27N5O5S2. The molecule has 206 valence electrons. The van der Waals surface area contributed by atoms with Crippen LogP contribution in [-0.2, 0) is 10.0 Å². The van der Waals surface area contributed by atoms with Crippen LogP contribution in [0.15, 0.2) is 76.7 Å². The van der Waals surface area contributed by atoms with Crippen molar-refractivity contribution in [1.82, 2.24) is 9.29 Å². The van der Waals surface area contributed by atoms with Gasteiger partial charge in [0.15, 0.2) is 0 Å². The van der Waals surface area contributed by atoms with Gasteiger partial charge in [-0.05, 0) is 86.3 Å². The van der Waals surface area contributed by atoms with E-state index in [1.54, 1.807) is 0 Å². The molecule has 1 atom stereocenters. The molecule has 0 radical (unpaired) electrons. The number of aryl methyl sites for hydroxylation is 1. The molecule has 3 aromatic carbocycles. The molecule has 1 aromatic heterocycles. The van der Waals surface area contributed by atoms with Gasteiger partial charge < -0.3 is 0 Å². The van der Waals surface area contributed by atoms with E-state index in [4.69, 9.17) is 0 Å². The van der Waals surface area contributed by atoms with Crippen LogP contribution in [0, 0.1) is 17.0 Å². The van der Waals surface area contributed by atoms with Crippen LogP contribution in [0.1, 0.15) is 47.7 Å². The van der Waals surface area contributed by atoms with Crippen LogP contribution in [0.3, 0.4) is 0 Å². The molecule has 1 unspecified atom stereocenters. The first-order chi connectivity index (χ1) is 19.1. The molecule has 0 spiro atoms. The fourth-order valence-corrected chi connectivity index (χ4v) is 7.28. The first-order valence-electron chi connectivity index (χ1n) is 12.8. The molecule has 2 heterocycles. The molecule has 0 aliphatic carbocycles. The standard InChI is InChI=1S/C28H27N5O5S2/c1-19-6-15-25-26(17-19)39-28(30-25)32(29-18-21-7-11-23(12-8-21)33(35)36)27(34)22-9-13-24(14-10-22)40(37,38)31-16-4-3-5-20(31)2/h6-15,17-18,20H,3-5,16H2,1-2H3/b29-18+. The minimum atomic E-state index is -3.68. The van der Waals surface area contributed by atoms with Crippen molar-refractivity contribution in [2.45, 2.75) is 44.0 Å². The van der Waals surface area contributed by atoms with Gasteiger partial charge in [-0.1, -0.05) is 23.8 Å². The van der Waals surface area contributed by atoms with Crippen molar-refractivity contribution in [2.24, 2.45) is 5.10 Å². The molecule has 40 heavy (non-hydrogen) atoms. The second-order valence-corrected chi connectivity index (χ2v) is 12.6. The maximum atomic E-state index is 13.7. The number of benzene rings is 3. The van der Waals surface area contributed by atoms with E-state index in [0.717, 1.165) is 34.5 Å². The van der Waals surface area contributed by atoms with Crippen LogP contribution < -0.4 is 5.01 Å². The highest BCUT2D eigenvalue weighted by atomic mass is 32.2. The third-order valence-corrected chi connectivity index (χ3v) is 9.80. The lowest BCUT2D eigenvalue weighted by Gasteiger charge is -2.32. The number of anilines is 1. The molecule has 1 fully saturated rings. The Labute approximate surface area is 235 Å². The van der Waals surface area contributed by atoms with Crippen LogP contribution in [0.2, 0.25) is 0 Å². The van der Waals surface area contributed by atoms with Gasteiger partial charge in [0.2, 0.25) is 15.2 Å². The lowest BCUT2D eigenvalue weighted by molar-refractivity contribution is -0.384. The second kappa shape index (κ2) is 11.2. The first-order valence-corrected chi connectivity index (χ1v) is 15.0. The summed E-state index contributed by atoms with van der Waals surface area (Å²) in [4.78, 5) is 28.9. The van der Waals surface area contributed by atoms with E-state index in [-0.39, 0.29) is 22.2 Å². The quantitative estimate of drug-likeness (QED) is 0.156. The van der Waals surface area contributed by atoms with Crippen LogP contribution in [0.5, 0.6) is 0 Å². The average Bonchev–Trinajstić information content (AvgIpc) is 3.36. The molecule has 0 N–H and O–H groups in total. The zero-order valence-corrected chi connectivity index (χ0v) is 23.6. The molecule has 5 rings (SSSR count). The topological polar surface area (TPSA) is 126 Å². The Kier molecular flexibility index (Phi) is 7.74. The fraction of sp³-hybridized carbons (Fsp3) is 0.250. The number of fused-ring (bicyclic) bond motifs is 1. The molecule has 1 amide bonds. The predicted molar refractivity (Wildman–Crippen MR) is 156 cm³/mol. The van der Waals surface area contributed by atoms with E-state index in [2.05, 4.69) is 10.1 Å². The minimum absolute atomic E-state index is 0.0550. The van der Waals surface area contributed by atoms with E-state index in [0.29, 0.717) is 22.8 Å². The van der Waals surface area contributed by atoms with Gasteiger partial charge in [0.05, 0.1) is 26.3 Å². The maximum Gasteiger partial charge on any atom is 0.280 e. The van der Waals surface area contributed by atoms with E-state index in [1.165, 1.54) is 70.4 Å². The SMILES string of the molecule is Cc1ccc2nc(N(/N=C/c3ccc([N+](=O)[O-])cc3)C(=O)c3ccc(S(=O)(=O)N4CCCCC4C)cc3)sc2c1. The molecule has 12 heteroatoms. The zero-order valence-electron chi connectivity index (χ0n) is 21.9. The van der Waals surface area contributed by atoms with E-state index >= 15 is 0 Å². The molecule has 10 nitrogen and oxygen atoms in total. The lowest BCUT2D eigenvalue weighted by Crippen LogP contribution is -2.41. The predicted octanol–water partition coefficient (Wildman–Crippen LogP) is 5.76. The summed E-state index contributed by atoms with van der Waals surface area (Å²) in [6.45, 7) is 4.36. The Morgan fingerprint density at radius 1 is 1.12 bits per heavy atom. The van der Waals surface area contributed by atoms with E-state index in [1.807, 2.05) is 32.0 Å². The van der Waals surface area contributed by atoms with Crippen molar-refractivity contribution in [3.8, 4) is 0 Å². The third-order valence-electron chi connectivity index (χ3n) is 6.78. The molecule has 1 aliphatic rings. The Morgan fingerprint density at radius 2 is 1.85 bits per heavy atom. The number of hydrazone groups is 1. The van der Waals surface area contributed by atoms with Crippen LogP contribution in [0.25, 0.3) is 10.2 Å². The summed E-state index contributed by atoms with van der Waals surface area (Å²) in [6.07, 6.45) is 4.07.